The average Bonchev–Trinajstić information content (AvgIpc) is 2.74. The van der Waals surface area contributed by atoms with E-state index in [1.807, 2.05) is 11.5 Å². The van der Waals surface area contributed by atoms with Crippen LogP contribution in [0.5, 0.6) is 0 Å². The number of hydrogen-bond donors (Lipinski definition) is 1. The van der Waals surface area contributed by atoms with Crippen molar-refractivity contribution in [2.24, 2.45) is 0 Å². The number of carboxylic acids is 1. The van der Waals surface area contributed by atoms with E-state index in [0.717, 1.165) is 32.0 Å². The van der Waals surface area contributed by atoms with E-state index in [-0.39, 0.29) is 5.69 Å². The fourth-order valence-corrected chi connectivity index (χ4v) is 2.27. The molecular weight excluding hydrogens is 218 g/mol. The molecule has 0 saturated carbocycles. The Bertz CT molecular complexity index is 394. The second-order valence-corrected chi connectivity index (χ2v) is 4.47. The van der Waals surface area contributed by atoms with Crippen LogP contribution >= 0.6 is 0 Å². The molecule has 5 heteroatoms. The Labute approximate surface area is 101 Å². The van der Waals surface area contributed by atoms with Gasteiger partial charge in [0.25, 0.3) is 0 Å². The molecule has 0 bridgehead atoms. The number of hydrogen-bond acceptors (Lipinski definition) is 3. The molecule has 0 aromatic carbocycles. The molecule has 0 aliphatic carbocycles. The van der Waals surface area contributed by atoms with Gasteiger partial charge in [-0.3, -0.25) is 4.90 Å². The Kier molecular flexibility index (Phi) is 3.78. The van der Waals surface area contributed by atoms with Crippen molar-refractivity contribution in [1.29, 1.82) is 0 Å². The third-order valence-electron chi connectivity index (χ3n) is 3.23. The zero-order valence-electron chi connectivity index (χ0n) is 10.2. The lowest BCUT2D eigenvalue weighted by atomic mass is 10.1. The molecule has 0 amide bonds. The topological polar surface area (TPSA) is 58.4 Å². The summed E-state index contributed by atoms with van der Waals surface area (Å²) in [6.07, 6.45) is 5.40. The van der Waals surface area contributed by atoms with Crippen LogP contribution in [-0.2, 0) is 13.1 Å². The smallest absolute Gasteiger partial charge is 0.356 e. The molecule has 2 heterocycles. The van der Waals surface area contributed by atoms with E-state index in [9.17, 15) is 4.79 Å². The predicted molar refractivity (Wildman–Crippen MR) is 64.0 cm³/mol. The van der Waals surface area contributed by atoms with E-state index in [0.29, 0.717) is 0 Å². The molecule has 1 aliphatic rings. The van der Waals surface area contributed by atoms with Crippen molar-refractivity contribution in [3.05, 3.63) is 17.7 Å². The average molecular weight is 237 g/mol. The van der Waals surface area contributed by atoms with Gasteiger partial charge in [-0.2, -0.15) is 0 Å². The Balaban J connectivity index is 2.10. The second-order valence-electron chi connectivity index (χ2n) is 4.47. The zero-order chi connectivity index (χ0) is 12.3. The summed E-state index contributed by atoms with van der Waals surface area (Å²) in [6, 6.07) is 0. The van der Waals surface area contributed by atoms with Crippen molar-refractivity contribution in [2.75, 3.05) is 13.1 Å². The van der Waals surface area contributed by atoms with E-state index in [1.165, 1.54) is 19.3 Å². The third kappa shape index (κ3) is 2.85. The van der Waals surface area contributed by atoms with Crippen LogP contribution in [0.4, 0.5) is 0 Å². The molecule has 1 aromatic heterocycles. The summed E-state index contributed by atoms with van der Waals surface area (Å²) < 4.78 is 1.93. The summed E-state index contributed by atoms with van der Waals surface area (Å²) in [5.74, 6) is -0.0797. The molecule has 0 unspecified atom stereocenters. The number of imidazole rings is 1. The van der Waals surface area contributed by atoms with Gasteiger partial charge >= 0.3 is 5.97 Å². The normalized spacial score (nSPS) is 17.2. The van der Waals surface area contributed by atoms with Gasteiger partial charge in [-0.05, 0) is 32.9 Å². The first kappa shape index (κ1) is 12.1. The molecule has 0 spiro atoms. The molecule has 0 atom stereocenters. The molecule has 0 radical (unpaired) electrons. The first-order valence-corrected chi connectivity index (χ1v) is 6.22. The van der Waals surface area contributed by atoms with Gasteiger partial charge in [0.1, 0.15) is 5.82 Å². The SMILES string of the molecule is CCn1cc(C(=O)O)nc1CN1CCCCC1. The number of carboxylic acid groups (broad SMARTS) is 1. The van der Waals surface area contributed by atoms with Crippen LogP contribution < -0.4 is 0 Å². The van der Waals surface area contributed by atoms with Gasteiger partial charge in [-0.1, -0.05) is 6.42 Å². The number of aromatic carboxylic acids is 1. The van der Waals surface area contributed by atoms with Crippen LogP contribution in [0.15, 0.2) is 6.20 Å². The molecule has 1 aromatic rings. The van der Waals surface area contributed by atoms with E-state index in [4.69, 9.17) is 5.11 Å². The van der Waals surface area contributed by atoms with Gasteiger partial charge in [-0.15, -0.1) is 0 Å². The molecule has 2 rings (SSSR count). The summed E-state index contributed by atoms with van der Waals surface area (Å²) in [5.41, 5.74) is 0.152. The quantitative estimate of drug-likeness (QED) is 0.864. The summed E-state index contributed by atoms with van der Waals surface area (Å²) in [7, 11) is 0. The lowest BCUT2D eigenvalue weighted by Gasteiger charge is -2.26. The fourth-order valence-electron chi connectivity index (χ4n) is 2.27. The van der Waals surface area contributed by atoms with Gasteiger partial charge in [-0.25, -0.2) is 9.78 Å². The van der Waals surface area contributed by atoms with Gasteiger partial charge in [0, 0.05) is 12.7 Å². The summed E-state index contributed by atoms with van der Waals surface area (Å²) in [5, 5.41) is 8.93. The van der Waals surface area contributed by atoms with Crippen molar-refractivity contribution in [3.8, 4) is 0 Å². The van der Waals surface area contributed by atoms with Crippen molar-refractivity contribution in [3.63, 3.8) is 0 Å². The van der Waals surface area contributed by atoms with E-state index >= 15 is 0 Å². The third-order valence-corrected chi connectivity index (χ3v) is 3.23. The maximum atomic E-state index is 10.9. The summed E-state index contributed by atoms with van der Waals surface area (Å²) >= 11 is 0. The molecule has 1 N–H and O–H groups in total. The lowest BCUT2D eigenvalue weighted by molar-refractivity contribution is 0.0690. The van der Waals surface area contributed by atoms with Gasteiger partial charge in [0.2, 0.25) is 0 Å². The van der Waals surface area contributed by atoms with Crippen molar-refractivity contribution in [2.45, 2.75) is 39.3 Å². The standard InChI is InChI=1S/C12H19N3O2/c1-2-15-8-10(12(16)17)13-11(15)9-14-6-4-3-5-7-14/h8H,2-7,9H2,1H3,(H,16,17). The van der Waals surface area contributed by atoms with Crippen molar-refractivity contribution < 1.29 is 9.90 Å². The second kappa shape index (κ2) is 5.31. The largest absolute Gasteiger partial charge is 0.476 e. The lowest BCUT2D eigenvalue weighted by Crippen LogP contribution is -2.30. The maximum Gasteiger partial charge on any atom is 0.356 e. The van der Waals surface area contributed by atoms with Crippen molar-refractivity contribution >= 4 is 5.97 Å². The Hall–Kier alpha value is -1.36. The van der Waals surface area contributed by atoms with Crippen LogP contribution in [0.1, 0.15) is 42.5 Å². The zero-order valence-corrected chi connectivity index (χ0v) is 10.2. The number of carbonyl (C=O) groups is 1. The monoisotopic (exact) mass is 237 g/mol. The highest BCUT2D eigenvalue weighted by Gasteiger charge is 2.16. The van der Waals surface area contributed by atoms with Gasteiger partial charge in [0.15, 0.2) is 5.69 Å². The Morgan fingerprint density at radius 3 is 2.71 bits per heavy atom. The fraction of sp³-hybridized carbons (Fsp3) is 0.667. The van der Waals surface area contributed by atoms with Crippen LogP contribution in [0.2, 0.25) is 0 Å². The molecule has 1 saturated heterocycles. The highest BCUT2D eigenvalue weighted by molar-refractivity contribution is 5.85. The number of rotatable bonds is 4. The predicted octanol–water partition coefficient (Wildman–Crippen LogP) is 1.59. The molecule has 1 fully saturated rings. The van der Waals surface area contributed by atoms with Crippen LogP contribution in [0.3, 0.4) is 0 Å². The minimum atomic E-state index is -0.947. The minimum Gasteiger partial charge on any atom is -0.476 e. The van der Waals surface area contributed by atoms with Gasteiger partial charge in [0.05, 0.1) is 6.54 Å². The first-order chi connectivity index (χ1) is 8.20. The molecular formula is C12H19N3O2. The van der Waals surface area contributed by atoms with E-state index in [1.54, 1.807) is 6.20 Å². The maximum absolute atomic E-state index is 10.9. The number of aromatic nitrogens is 2. The Morgan fingerprint density at radius 2 is 2.12 bits per heavy atom. The number of nitrogens with zero attached hydrogens (tertiary/aromatic N) is 3. The molecule has 94 valence electrons. The van der Waals surface area contributed by atoms with Crippen LogP contribution in [0, 0.1) is 0 Å². The highest BCUT2D eigenvalue weighted by atomic mass is 16.4. The van der Waals surface area contributed by atoms with Crippen molar-refractivity contribution in [1.82, 2.24) is 14.5 Å². The minimum absolute atomic E-state index is 0.152. The summed E-state index contributed by atoms with van der Waals surface area (Å²) in [4.78, 5) is 17.4. The van der Waals surface area contributed by atoms with Crippen LogP contribution in [0.25, 0.3) is 0 Å². The Morgan fingerprint density at radius 1 is 1.41 bits per heavy atom. The highest BCUT2D eigenvalue weighted by Crippen LogP contribution is 2.13. The van der Waals surface area contributed by atoms with E-state index in [2.05, 4.69) is 9.88 Å². The number of likely N-dealkylation sites (tertiary alicyclic amines) is 1. The summed E-state index contributed by atoms with van der Waals surface area (Å²) in [6.45, 7) is 5.73. The molecule has 5 nitrogen and oxygen atoms in total. The molecule has 17 heavy (non-hydrogen) atoms. The van der Waals surface area contributed by atoms with E-state index < -0.39 is 5.97 Å². The first-order valence-electron chi connectivity index (χ1n) is 6.22. The molecule has 1 aliphatic heterocycles. The number of piperidine rings is 1. The van der Waals surface area contributed by atoms with Crippen LogP contribution in [-0.4, -0.2) is 38.6 Å². The number of aryl methyl sites for hydroxylation is 1. The van der Waals surface area contributed by atoms with Gasteiger partial charge < -0.3 is 9.67 Å².